The predicted octanol–water partition coefficient (Wildman–Crippen LogP) is 6.12. The van der Waals surface area contributed by atoms with Gasteiger partial charge >= 0.3 is 0 Å². The topological polar surface area (TPSA) is 278 Å². The largest absolute Gasteiger partial charge is 0.493 e. The van der Waals surface area contributed by atoms with Crippen LogP contribution < -0.4 is 42.6 Å². The summed E-state index contributed by atoms with van der Waals surface area (Å²) in [6, 6.07) is 23.0. The fourth-order valence-electron chi connectivity index (χ4n) is 8.36. The second-order valence-electron chi connectivity index (χ2n) is 19.5. The van der Waals surface area contributed by atoms with Crippen LogP contribution in [0.15, 0.2) is 87.8 Å². The molecule has 1 aliphatic rings. The van der Waals surface area contributed by atoms with Gasteiger partial charge in [0, 0.05) is 78.6 Å². The number of guanidine groups is 3. The van der Waals surface area contributed by atoms with E-state index in [9.17, 15) is 14.4 Å². The van der Waals surface area contributed by atoms with Gasteiger partial charge in [0.05, 0.1) is 13.2 Å². The van der Waals surface area contributed by atoms with Gasteiger partial charge in [-0.25, -0.2) is 0 Å². The molecule has 0 radical (unpaired) electrons. The molecule has 7 rings (SSSR count). The molecule has 75 heavy (non-hydrogen) atoms. The maximum atomic E-state index is 12.5. The van der Waals surface area contributed by atoms with Crippen LogP contribution in [-0.2, 0) is 5.41 Å². The number of rotatable bonds is 19. The summed E-state index contributed by atoms with van der Waals surface area (Å²) in [4.78, 5) is 64.5. The summed E-state index contributed by atoms with van der Waals surface area (Å²) in [5, 5.41) is 10.6. The highest BCUT2D eigenvalue weighted by Gasteiger charge is 2.20. The van der Waals surface area contributed by atoms with Crippen molar-refractivity contribution in [3.8, 4) is 11.5 Å². The number of benzene rings is 3. The molecule has 1 aliphatic heterocycles. The SMILES string of the molecule is CC(C)(C)c1cccc2[nH]c(C(=O)NC(N)=NCCCN3CCCC3)cc12.CCN(CC)CCCOc1ccc2cc(C(=O)NC(N)=NC)[nH]c2c1.CN=C(N)NC(=O)c1cc2ccc(OCCCN(C)C)cc2[nH]1. The van der Waals surface area contributed by atoms with Crippen molar-refractivity contribution in [2.75, 3.05) is 93.8 Å². The summed E-state index contributed by atoms with van der Waals surface area (Å²) < 4.78 is 11.5. The van der Waals surface area contributed by atoms with Crippen molar-refractivity contribution in [2.45, 2.75) is 72.1 Å². The molecule has 12 N–H and O–H groups in total. The molecule has 0 atom stereocenters. The first-order chi connectivity index (χ1) is 35.9. The molecule has 3 amide bonds. The van der Waals surface area contributed by atoms with Crippen molar-refractivity contribution in [2.24, 2.45) is 32.2 Å². The first-order valence-corrected chi connectivity index (χ1v) is 25.8. The molecule has 3 aromatic carbocycles. The maximum absolute atomic E-state index is 12.5. The van der Waals surface area contributed by atoms with E-state index in [1.54, 1.807) is 12.1 Å². The van der Waals surface area contributed by atoms with E-state index in [2.05, 4.69) is 101 Å². The molecule has 1 fully saturated rings. The second-order valence-corrected chi connectivity index (χ2v) is 19.5. The Labute approximate surface area is 441 Å². The number of carbonyl (C=O) groups excluding carboxylic acids is 3. The van der Waals surface area contributed by atoms with Gasteiger partial charge in [0.2, 0.25) is 0 Å². The number of fused-ring (bicyclic) bond motifs is 3. The van der Waals surface area contributed by atoms with Crippen LogP contribution in [0.4, 0.5) is 0 Å². The third-order valence-electron chi connectivity index (χ3n) is 12.5. The number of hydrogen-bond acceptors (Lipinski definition) is 11. The van der Waals surface area contributed by atoms with Gasteiger partial charge in [-0.3, -0.25) is 45.3 Å². The molecule has 20 heteroatoms. The summed E-state index contributed by atoms with van der Waals surface area (Å²) in [7, 11) is 7.10. The molecule has 20 nitrogen and oxygen atoms in total. The number of nitrogens with two attached hydrogens (primary N) is 3. The van der Waals surface area contributed by atoms with E-state index >= 15 is 0 Å². The molecule has 0 bridgehead atoms. The number of aliphatic imine (C=N–C) groups is 3. The van der Waals surface area contributed by atoms with Crippen LogP contribution in [0.5, 0.6) is 11.5 Å². The van der Waals surface area contributed by atoms with Gasteiger partial charge in [-0.15, -0.1) is 0 Å². The lowest BCUT2D eigenvalue weighted by molar-refractivity contribution is 0.0964. The Kier molecular flexibility index (Phi) is 22.5. The van der Waals surface area contributed by atoms with E-state index in [0.29, 0.717) is 36.8 Å². The average molecular weight is 1030 g/mol. The number of H-pyrrole nitrogens is 3. The van der Waals surface area contributed by atoms with Gasteiger partial charge in [0.25, 0.3) is 17.7 Å². The van der Waals surface area contributed by atoms with Gasteiger partial charge in [0.1, 0.15) is 28.6 Å². The molecule has 0 unspecified atom stereocenters. The summed E-state index contributed by atoms with van der Waals surface area (Å²) in [6.45, 7) is 20.3. The van der Waals surface area contributed by atoms with Gasteiger partial charge in [-0.05, 0) is 138 Å². The standard InChI is InChI=1S/C21H31N5O.C18H27N5O2.C16H23N5O2/c1-21(2,3)16-8-6-9-17-15(16)14-18(24-17)19(27)25-20(22)23-10-7-13-26-11-4-5-12-26;1-4-23(5-2)9-6-10-25-14-8-7-13-11-16(21-15(13)12-14)17(24)22-18(19)20-3;1-18-16(17)20-15(22)14-9-11-5-6-12(10-13(11)19-14)23-8-4-7-21(2)3/h6,8-9,14,24H,4-5,7,10-13H2,1-3H3,(H3,22,23,25,27);7-8,11-12,21H,4-6,9-10H2,1-3H3,(H3,19,20,22,24);5-6,9-10,19H,4,7-8H2,1-3H3,(H3,17,18,20,22). The lowest BCUT2D eigenvalue weighted by atomic mass is 9.85. The lowest BCUT2D eigenvalue weighted by Crippen LogP contribution is -2.37. The molecule has 3 aromatic heterocycles. The van der Waals surface area contributed by atoms with Crippen molar-refractivity contribution in [1.82, 2.24) is 45.6 Å². The van der Waals surface area contributed by atoms with E-state index in [1.807, 2.05) is 68.7 Å². The Bertz CT molecular complexity index is 2880. The van der Waals surface area contributed by atoms with Crippen LogP contribution >= 0.6 is 0 Å². The summed E-state index contributed by atoms with van der Waals surface area (Å²) in [5.41, 5.74) is 22.1. The van der Waals surface area contributed by atoms with Crippen LogP contribution in [0.1, 0.15) is 104 Å². The van der Waals surface area contributed by atoms with Crippen molar-refractivity contribution in [3.63, 3.8) is 0 Å². The molecule has 0 aliphatic carbocycles. The van der Waals surface area contributed by atoms with Gasteiger partial charge in [0.15, 0.2) is 17.9 Å². The molecule has 406 valence electrons. The molecule has 4 heterocycles. The minimum atomic E-state index is -0.322. The summed E-state index contributed by atoms with van der Waals surface area (Å²) >= 11 is 0. The zero-order chi connectivity index (χ0) is 54.5. The molecular formula is C55H81N15O5. The Hall–Kier alpha value is -7.42. The van der Waals surface area contributed by atoms with E-state index in [1.165, 1.54) is 45.6 Å². The molecule has 6 aromatic rings. The van der Waals surface area contributed by atoms with E-state index in [4.69, 9.17) is 26.7 Å². The highest BCUT2D eigenvalue weighted by atomic mass is 16.5. The zero-order valence-corrected chi connectivity index (χ0v) is 45.5. The quantitative estimate of drug-likeness (QED) is 0.0253. The fourth-order valence-corrected chi connectivity index (χ4v) is 8.36. The first kappa shape index (κ1) is 58.5. The van der Waals surface area contributed by atoms with Gasteiger partial charge in [-0.2, -0.15) is 0 Å². The fraction of sp³-hybridized carbons (Fsp3) is 0.455. The third kappa shape index (κ3) is 18.5. The Morgan fingerprint density at radius 1 is 0.653 bits per heavy atom. The highest BCUT2D eigenvalue weighted by molar-refractivity contribution is 6.08. The zero-order valence-electron chi connectivity index (χ0n) is 45.5. The maximum Gasteiger partial charge on any atom is 0.274 e. The van der Waals surface area contributed by atoms with Crippen LogP contribution in [0.2, 0.25) is 0 Å². The van der Waals surface area contributed by atoms with E-state index in [-0.39, 0.29) is 41.0 Å². The minimum Gasteiger partial charge on any atom is -0.493 e. The number of aromatic nitrogens is 3. The van der Waals surface area contributed by atoms with Gasteiger partial charge < -0.3 is 56.3 Å². The average Bonchev–Trinajstić information content (AvgIpc) is 4.23. The molecular weight excluding hydrogens is 951 g/mol. The smallest absolute Gasteiger partial charge is 0.274 e. The van der Waals surface area contributed by atoms with Crippen LogP contribution in [-0.4, -0.2) is 159 Å². The van der Waals surface area contributed by atoms with Crippen LogP contribution in [0, 0.1) is 0 Å². The number of ether oxygens (including phenoxy) is 2. The number of hydrogen-bond donors (Lipinski definition) is 9. The number of amides is 3. The summed E-state index contributed by atoms with van der Waals surface area (Å²) in [6.07, 6.45) is 5.48. The Balaban J connectivity index is 0.000000209. The van der Waals surface area contributed by atoms with Gasteiger partial charge in [-0.1, -0.05) is 46.8 Å². The number of nitrogens with zero attached hydrogens (tertiary/aromatic N) is 6. The Morgan fingerprint density at radius 2 is 1.15 bits per heavy atom. The molecule has 1 saturated heterocycles. The molecule has 0 saturated carbocycles. The number of nitrogens with one attached hydrogen (secondary N) is 6. The first-order valence-electron chi connectivity index (χ1n) is 25.8. The van der Waals surface area contributed by atoms with Crippen molar-refractivity contribution >= 4 is 68.3 Å². The molecule has 0 spiro atoms. The van der Waals surface area contributed by atoms with Crippen molar-refractivity contribution in [1.29, 1.82) is 0 Å². The summed E-state index contributed by atoms with van der Waals surface area (Å²) in [5.74, 6) is 1.01. The number of carbonyl (C=O) groups is 3. The monoisotopic (exact) mass is 1030 g/mol. The van der Waals surface area contributed by atoms with Crippen molar-refractivity contribution in [3.05, 3.63) is 95.4 Å². The highest BCUT2D eigenvalue weighted by Crippen LogP contribution is 2.30. The Morgan fingerprint density at radius 3 is 1.64 bits per heavy atom. The number of likely N-dealkylation sites (tertiary alicyclic amines) is 1. The number of aromatic amines is 3. The predicted molar refractivity (Wildman–Crippen MR) is 304 cm³/mol. The minimum absolute atomic E-state index is 0.00523. The van der Waals surface area contributed by atoms with Crippen LogP contribution in [0.25, 0.3) is 32.7 Å². The van der Waals surface area contributed by atoms with Crippen LogP contribution in [0.3, 0.4) is 0 Å². The third-order valence-corrected chi connectivity index (χ3v) is 12.5. The second kappa shape index (κ2) is 28.9. The van der Waals surface area contributed by atoms with E-state index in [0.717, 1.165) is 96.2 Å². The van der Waals surface area contributed by atoms with Crippen molar-refractivity contribution < 1.29 is 23.9 Å². The lowest BCUT2D eigenvalue weighted by Gasteiger charge is -2.19. The normalized spacial score (nSPS) is 13.5. The van der Waals surface area contributed by atoms with E-state index < -0.39 is 0 Å².